The molecule has 0 aromatic heterocycles. The molecule has 0 saturated carbocycles. The maximum Gasteiger partial charge on any atom is 0.0481 e. The summed E-state index contributed by atoms with van der Waals surface area (Å²) in [6.07, 6.45) is 5.12. The van der Waals surface area contributed by atoms with E-state index in [2.05, 4.69) is 77.6 Å². The summed E-state index contributed by atoms with van der Waals surface area (Å²) in [5, 5.41) is 0. The Kier molecular flexibility index (Phi) is 6.21. The molecule has 1 atom stereocenters. The van der Waals surface area contributed by atoms with Gasteiger partial charge in [0.05, 0.1) is 0 Å². The fourth-order valence-corrected chi connectivity index (χ4v) is 3.72. The van der Waals surface area contributed by atoms with Crippen LogP contribution in [0, 0.1) is 0 Å². The van der Waals surface area contributed by atoms with Crippen molar-refractivity contribution in [2.24, 2.45) is 0 Å². The molecular formula is C23H28N2. The van der Waals surface area contributed by atoms with Crippen molar-refractivity contribution in [3.63, 3.8) is 0 Å². The molecule has 0 unspecified atom stereocenters. The molecule has 0 aliphatic carbocycles. The summed E-state index contributed by atoms with van der Waals surface area (Å²) in [5.41, 5.74) is 4.34. The van der Waals surface area contributed by atoms with E-state index in [9.17, 15) is 0 Å². The van der Waals surface area contributed by atoms with Gasteiger partial charge in [-0.3, -0.25) is 9.80 Å². The van der Waals surface area contributed by atoms with Crippen molar-refractivity contribution in [3.05, 3.63) is 96.6 Å². The summed E-state index contributed by atoms with van der Waals surface area (Å²) in [6, 6.07) is 20.0. The summed E-state index contributed by atoms with van der Waals surface area (Å²) in [7, 11) is 0. The third-order valence-corrected chi connectivity index (χ3v) is 4.99. The van der Waals surface area contributed by atoms with E-state index in [4.69, 9.17) is 0 Å². The highest BCUT2D eigenvalue weighted by molar-refractivity contribution is 5.29. The third-order valence-electron chi connectivity index (χ3n) is 4.99. The maximum atomic E-state index is 3.95. The van der Waals surface area contributed by atoms with E-state index in [0.29, 0.717) is 6.04 Å². The van der Waals surface area contributed by atoms with Gasteiger partial charge in [0.1, 0.15) is 0 Å². The number of rotatable bonds is 8. The minimum absolute atomic E-state index is 0.350. The van der Waals surface area contributed by atoms with Gasteiger partial charge in [0, 0.05) is 38.8 Å². The van der Waals surface area contributed by atoms with Gasteiger partial charge in [-0.05, 0) is 23.1 Å². The Balaban J connectivity index is 1.80. The molecule has 0 N–H and O–H groups in total. The fraction of sp³-hybridized carbons (Fsp3) is 0.304. The minimum Gasteiger partial charge on any atom is -0.297 e. The van der Waals surface area contributed by atoms with Crippen LogP contribution in [0.4, 0.5) is 0 Å². The van der Waals surface area contributed by atoms with Crippen LogP contribution in [-0.4, -0.2) is 36.0 Å². The zero-order chi connectivity index (χ0) is 17.5. The van der Waals surface area contributed by atoms with Gasteiger partial charge >= 0.3 is 0 Å². The number of hydrogen-bond acceptors (Lipinski definition) is 2. The molecule has 1 aliphatic heterocycles. The van der Waals surface area contributed by atoms with Crippen LogP contribution in [0.2, 0.25) is 0 Å². The van der Waals surface area contributed by atoms with Gasteiger partial charge in [-0.25, -0.2) is 0 Å². The van der Waals surface area contributed by atoms with E-state index in [1.54, 1.807) is 0 Å². The van der Waals surface area contributed by atoms with Crippen LogP contribution in [0.3, 0.4) is 0 Å². The molecule has 130 valence electrons. The van der Waals surface area contributed by atoms with Crippen molar-refractivity contribution in [2.75, 3.05) is 26.2 Å². The predicted molar refractivity (Wildman–Crippen MR) is 107 cm³/mol. The fourth-order valence-electron chi connectivity index (χ4n) is 3.72. The molecule has 2 heteroatoms. The van der Waals surface area contributed by atoms with Crippen LogP contribution in [0.1, 0.15) is 22.7 Å². The Hall–Kier alpha value is -2.16. The van der Waals surface area contributed by atoms with Crippen molar-refractivity contribution in [1.82, 2.24) is 9.80 Å². The van der Waals surface area contributed by atoms with E-state index in [1.807, 2.05) is 12.2 Å². The summed E-state index contributed by atoms with van der Waals surface area (Å²) < 4.78 is 0. The molecule has 2 nitrogen and oxygen atoms in total. The molecule has 1 heterocycles. The second-order valence-electron chi connectivity index (χ2n) is 6.71. The summed E-state index contributed by atoms with van der Waals surface area (Å²) in [4.78, 5) is 5.04. The average Bonchev–Trinajstić information content (AvgIpc) is 2.66. The molecule has 0 spiro atoms. The summed E-state index contributed by atoms with van der Waals surface area (Å²) in [5.74, 6) is 0. The highest BCUT2D eigenvalue weighted by atomic mass is 15.2. The molecule has 0 radical (unpaired) electrons. The number of fused-ring (bicyclic) bond motifs is 1. The largest absolute Gasteiger partial charge is 0.297 e. The zero-order valence-electron chi connectivity index (χ0n) is 15.0. The zero-order valence-corrected chi connectivity index (χ0v) is 15.0. The van der Waals surface area contributed by atoms with Gasteiger partial charge in [0.2, 0.25) is 0 Å². The maximum absolute atomic E-state index is 3.95. The van der Waals surface area contributed by atoms with Gasteiger partial charge in [-0.15, -0.1) is 13.2 Å². The first kappa shape index (κ1) is 17.7. The van der Waals surface area contributed by atoms with Crippen LogP contribution < -0.4 is 0 Å². The van der Waals surface area contributed by atoms with E-state index in [1.165, 1.54) is 16.7 Å². The van der Waals surface area contributed by atoms with E-state index in [-0.39, 0.29) is 0 Å². The van der Waals surface area contributed by atoms with Crippen molar-refractivity contribution in [2.45, 2.75) is 19.0 Å². The second kappa shape index (κ2) is 8.80. The van der Waals surface area contributed by atoms with Crippen molar-refractivity contribution in [3.8, 4) is 0 Å². The molecule has 1 aliphatic rings. The molecular weight excluding hydrogens is 304 g/mol. The third kappa shape index (κ3) is 4.47. The van der Waals surface area contributed by atoms with Crippen LogP contribution in [0.15, 0.2) is 79.9 Å². The molecule has 2 aromatic rings. The number of hydrogen-bond donors (Lipinski definition) is 0. The van der Waals surface area contributed by atoms with E-state index >= 15 is 0 Å². The lowest BCUT2D eigenvalue weighted by Gasteiger charge is -2.37. The van der Waals surface area contributed by atoms with Crippen molar-refractivity contribution in [1.29, 1.82) is 0 Å². The smallest absolute Gasteiger partial charge is 0.0481 e. The predicted octanol–water partition coefficient (Wildman–Crippen LogP) is 4.46. The number of benzene rings is 2. The first-order chi connectivity index (χ1) is 12.3. The Bertz CT molecular complexity index is 682. The SMILES string of the molecule is C=CCN(CC=C)[C@H](CN1CCc2ccccc2C1)c1ccccc1. The first-order valence-corrected chi connectivity index (χ1v) is 9.11. The van der Waals surface area contributed by atoms with E-state index in [0.717, 1.165) is 39.1 Å². The normalized spacial score (nSPS) is 15.6. The van der Waals surface area contributed by atoms with Gasteiger partial charge in [-0.1, -0.05) is 66.7 Å². The molecule has 0 saturated heterocycles. The topological polar surface area (TPSA) is 6.48 Å². The van der Waals surface area contributed by atoms with Crippen molar-refractivity contribution < 1.29 is 0 Å². The Morgan fingerprint density at radius 1 is 0.920 bits per heavy atom. The Morgan fingerprint density at radius 2 is 1.56 bits per heavy atom. The molecule has 2 aromatic carbocycles. The van der Waals surface area contributed by atoms with Crippen LogP contribution in [-0.2, 0) is 13.0 Å². The van der Waals surface area contributed by atoms with Crippen LogP contribution >= 0.6 is 0 Å². The van der Waals surface area contributed by atoms with Gasteiger partial charge in [0.15, 0.2) is 0 Å². The van der Waals surface area contributed by atoms with Crippen LogP contribution in [0.25, 0.3) is 0 Å². The molecule has 0 bridgehead atoms. The first-order valence-electron chi connectivity index (χ1n) is 9.11. The lowest BCUT2D eigenvalue weighted by Crippen LogP contribution is -2.40. The number of nitrogens with zero attached hydrogens (tertiary/aromatic N) is 2. The van der Waals surface area contributed by atoms with Gasteiger partial charge in [0.25, 0.3) is 0 Å². The molecule has 0 amide bonds. The van der Waals surface area contributed by atoms with Gasteiger partial charge in [-0.2, -0.15) is 0 Å². The molecule has 0 fully saturated rings. The molecule has 3 rings (SSSR count). The highest BCUT2D eigenvalue weighted by Gasteiger charge is 2.24. The average molecular weight is 332 g/mol. The lowest BCUT2D eigenvalue weighted by molar-refractivity contribution is 0.150. The highest BCUT2D eigenvalue weighted by Crippen LogP contribution is 2.25. The minimum atomic E-state index is 0.350. The standard InChI is InChI=1S/C23H28N2/c1-3-15-25(16-4-2)23(21-11-6-5-7-12-21)19-24-17-14-20-10-8-9-13-22(20)18-24/h3-13,23H,1-2,14-19H2/t23-/m1/s1. The quantitative estimate of drug-likeness (QED) is 0.659. The molecule has 25 heavy (non-hydrogen) atoms. The van der Waals surface area contributed by atoms with Crippen LogP contribution in [0.5, 0.6) is 0 Å². The lowest BCUT2D eigenvalue weighted by atomic mass is 9.98. The Labute approximate surface area is 152 Å². The summed E-state index contributed by atoms with van der Waals surface area (Å²) in [6.45, 7) is 12.8. The van der Waals surface area contributed by atoms with E-state index < -0.39 is 0 Å². The Morgan fingerprint density at radius 3 is 2.24 bits per heavy atom. The van der Waals surface area contributed by atoms with Crippen molar-refractivity contribution >= 4 is 0 Å². The second-order valence-corrected chi connectivity index (χ2v) is 6.71. The van der Waals surface area contributed by atoms with Gasteiger partial charge < -0.3 is 0 Å². The summed E-state index contributed by atoms with van der Waals surface area (Å²) >= 11 is 0. The monoisotopic (exact) mass is 332 g/mol.